The van der Waals surface area contributed by atoms with Crippen molar-refractivity contribution in [1.82, 2.24) is 5.32 Å². The Labute approximate surface area is 116 Å². The monoisotopic (exact) mass is 265 g/mol. The Kier molecular flexibility index (Phi) is 5.98. The summed E-state index contributed by atoms with van der Waals surface area (Å²) in [5, 5.41) is 22.9. The van der Waals surface area contributed by atoms with E-state index < -0.39 is 5.60 Å². The summed E-state index contributed by atoms with van der Waals surface area (Å²) in [6.45, 7) is 8.73. The lowest BCUT2D eigenvalue weighted by molar-refractivity contribution is 0.00365. The summed E-state index contributed by atoms with van der Waals surface area (Å²) < 4.78 is 0. The number of hydrogen-bond donors (Lipinski definition) is 3. The maximum atomic E-state index is 10.4. The minimum absolute atomic E-state index is 0.0607. The van der Waals surface area contributed by atoms with Crippen LogP contribution in [0.4, 0.5) is 0 Å². The largest absolute Gasteiger partial charge is 0.392 e. The number of nitrogens with one attached hydrogen (secondary N) is 1. The molecule has 1 rings (SSSR count). The SMILES string of the molecule is CCC(C)C(C)(O)CNC(C)c1cccc(CO)c1. The molecular weight excluding hydrogens is 238 g/mol. The van der Waals surface area contributed by atoms with E-state index >= 15 is 0 Å². The lowest BCUT2D eigenvalue weighted by Gasteiger charge is -2.31. The average molecular weight is 265 g/mol. The molecule has 3 atom stereocenters. The van der Waals surface area contributed by atoms with Crippen LogP contribution in [0.15, 0.2) is 24.3 Å². The van der Waals surface area contributed by atoms with Gasteiger partial charge in [0.05, 0.1) is 12.2 Å². The van der Waals surface area contributed by atoms with E-state index in [0.717, 1.165) is 17.5 Å². The van der Waals surface area contributed by atoms with Gasteiger partial charge in [-0.05, 0) is 30.9 Å². The van der Waals surface area contributed by atoms with E-state index in [1.54, 1.807) is 0 Å². The van der Waals surface area contributed by atoms with Crippen LogP contribution >= 0.6 is 0 Å². The van der Waals surface area contributed by atoms with Gasteiger partial charge in [-0.3, -0.25) is 0 Å². The molecule has 0 radical (unpaired) electrons. The maximum absolute atomic E-state index is 10.4. The smallest absolute Gasteiger partial charge is 0.0769 e. The molecule has 3 nitrogen and oxygen atoms in total. The minimum atomic E-state index is -0.697. The van der Waals surface area contributed by atoms with Gasteiger partial charge in [0.2, 0.25) is 0 Å². The highest BCUT2D eigenvalue weighted by Gasteiger charge is 2.27. The maximum Gasteiger partial charge on any atom is 0.0769 e. The van der Waals surface area contributed by atoms with Crippen LogP contribution in [0, 0.1) is 5.92 Å². The highest BCUT2D eigenvalue weighted by molar-refractivity contribution is 5.25. The van der Waals surface area contributed by atoms with Crippen LogP contribution in [0.2, 0.25) is 0 Å². The first-order chi connectivity index (χ1) is 8.90. The summed E-state index contributed by atoms with van der Waals surface area (Å²) in [4.78, 5) is 0. The highest BCUT2D eigenvalue weighted by atomic mass is 16.3. The van der Waals surface area contributed by atoms with Crippen molar-refractivity contribution in [1.29, 1.82) is 0 Å². The van der Waals surface area contributed by atoms with Crippen LogP contribution in [-0.4, -0.2) is 22.4 Å². The van der Waals surface area contributed by atoms with Gasteiger partial charge < -0.3 is 15.5 Å². The second-order valence-corrected chi connectivity index (χ2v) is 5.67. The first-order valence-electron chi connectivity index (χ1n) is 7.06. The van der Waals surface area contributed by atoms with Crippen LogP contribution < -0.4 is 5.32 Å². The van der Waals surface area contributed by atoms with Crippen LogP contribution in [0.3, 0.4) is 0 Å². The van der Waals surface area contributed by atoms with Crippen LogP contribution in [0.5, 0.6) is 0 Å². The number of benzene rings is 1. The number of rotatable bonds is 7. The van der Waals surface area contributed by atoms with E-state index in [-0.39, 0.29) is 18.6 Å². The minimum Gasteiger partial charge on any atom is -0.392 e. The van der Waals surface area contributed by atoms with E-state index in [4.69, 9.17) is 5.11 Å². The molecule has 1 aromatic rings. The zero-order valence-electron chi connectivity index (χ0n) is 12.5. The van der Waals surface area contributed by atoms with Crippen LogP contribution in [-0.2, 0) is 6.61 Å². The molecule has 0 saturated heterocycles. The normalized spacial score (nSPS) is 17.8. The van der Waals surface area contributed by atoms with Crippen LogP contribution in [0.1, 0.15) is 51.3 Å². The van der Waals surface area contributed by atoms with Crippen molar-refractivity contribution >= 4 is 0 Å². The van der Waals surface area contributed by atoms with Crippen LogP contribution in [0.25, 0.3) is 0 Å². The molecule has 19 heavy (non-hydrogen) atoms. The molecule has 3 N–H and O–H groups in total. The third kappa shape index (κ3) is 4.60. The summed E-state index contributed by atoms with van der Waals surface area (Å²) >= 11 is 0. The van der Waals surface area contributed by atoms with E-state index in [9.17, 15) is 5.11 Å². The van der Waals surface area contributed by atoms with Gasteiger partial charge in [-0.25, -0.2) is 0 Å². The molecule has 0 aromatic heterocycles. The molecule has 0 amide bonds. The van der Waals surface area contributed by atoms with E-state index in [0.29, 0.717) is 6.54 Å². The molecule has 1 aromatic carbocycles. The van der Waals surface area contributed by atoms with Crippen molar-refractivity contribution in [3.05, 3.63) is 35.4 Å². The van der Waals surface area contributed by atoms with Gasteiger partial charge in [-0.15, -0.1) is 0 Å². The molecule has 0 fully saturated rings. The van der Waals surface area contributed by atoms with Crippen molar-refractivity contribution in [2.75, 3.05) is 6.54 Å². The van der Waals surface area contributed by atoms with Crippen molar-refractivity contribution < 1.29 is 10.2 Å². The van der Waals surface area contributed by atoms with Gasteiger partial charge in [-0.2, -0.15) is 0 Å². The van der Waals surface area contributed by atoms with Crippen molar-refractivity contribution in [2.24, 2.45) is 5.92 Å². The summed E-state index contributed by atoms with van der Waals surface area (Å²) in [7, 11) is 0. The lowest BCUT2D eigenvalue weighted by Crippen LogP contribution is -2.43. The molecule has 108 valence electrons. The number of aliphatic hydroxyl groups excluding tert-OH is 1. The fourth-order valence-corrected chi connectivity index (χ4v) is 2.05. The molecule has 3 unspecified atom stereocenters. The predicted molar refractivity (Wildman–Crippen MR) is 78.9 cm³/mol. The number of aliphatic hydroxyl groups is 2. The third-order valence-corrected chi connectivity index (χ3v) is 4.07. The summed E-state index contributed by atoms with van der Waals surface area (Å²) in [6.07, 6.45) is 0.961. The lowest BCUT2D eigenvalue weighted by atomic mass is 9.88. The van der Waals surface area contributed by atoms with E-state index in [2.05, 4.69) is 26.1 Å². The fraction of sp³-hybridized carbons (Fsp3) is 0.625. The zero-order chi connectivity index (χ0) is 14.5. The standard InChI is InChI=1S/C16H27NO2/c1-5-12(2)16(4,19)11-17-13(3)15-8-6-7-14(9-15)10-18/h6-9,12-13,17-19H,5,10-11H2,1-4H3. The van der Waals surface area contributed by atoms with Gasteiger partial charge in [-0.1, -0.05) is 44.5 Å². The topological polar surface area (TPSA) is 52.5 Å². The Balaban J connectivity index is 2.62. The molecule has 0 heterocycles. The van der Waals surface area contributed by atoms with Gasteiger partial charge >= 0.3 is 0 Å². The first-order valence-corrected chi connectivity index (χ1v) is 7.06. The molecule has 0 aliphatic carbocycles. The zero-order valence-corrected chi connectivity index (χ0v) is 12.5. The predicted octanol–water partition coefficient (Wildman–Crippen LogP) is 2.63. The summed E-state index contributed by atoms with van der Waals surface area (Å²) in [5.74, 6) is 0.260. The van der Waals surface area contributed by atoms with Crippen molar-refractivity contribution in [2.45, 2.75) is 52.4 Å². The number of hydrogen-bond acceptors (Lipinski definition) is 3. The summed E-state index contributed by atoms with van der Waals surface area (Å²) in [5.41, 5.74) is 1.35. The molecule has 0 aliphatic heterocycles. The summed E-state index contributed by atoms with van der Waals surface area (Å²) in [6, 6.07) is 8.05. The van der Waals surface area contributed by atoms with Gasteiger partial charge in [0, 0.05) is 12.6 Å². The van der Waals surface area contributed by atoms with Gasteiger partial charge in [0.1, 0.15) is 0 Å². The van der Waals surface area contributed by atoms with E-state index in [1.165, 1.54) is 0 Å². The van der Waals surface area contributed by atoms with Gasteiger partial charge in [0.25, 0.3) is 0 Å². The second-order valence-electron chi connectivity index (χ2n) is 5.67. The van der Waals surface area contributed by atoms with Crippen molar-refractivity contribution in [3.63, 3.8) is 0 Å². The fourth-order valence-electron chi connectivity index (χ4n) is 2.05. The average Bonchev–Trinajstić information content (AvgIpc) is 2.43. The Hall–Kier alpha value is -0.900. The molecule has 0 aliphatic rings. The highest BCUT2D eigenvalue weighted by Crippen LogP contribution is 2.21. The Bertz CT molecular complexity index is 390. The molecule has 3 heteroatoms. The first kappa shape index (κ1) is 16.2. The van der Waals surface area contributed by atoms with Gasteiger partial charge in [0.15, 0.2) is 0 Å². The van der Waals surface area contributed by atoms with E-state index in [1.807, 2.05) is 31.2 Å². The molecule has 0 bridgehead atoms. The second kappa shape index (κ2) is 7.04. The molecule has 0 spiro atoms. The third-order valence-electron chi connectivity index (χ3n) is 4.07. The Morgan fingerprint density at radius 2 is 2.00 bits per heavy atom. The molecular formula is C16H27NO2. The quantitative estimate of drug-likeness (QED) is 0.710. The Morgan fingerprint density at radius 3 is 2.58 bits per heavy atom. The Morgan fingerprint density at radius 1 is 1.32 bits per heavy atom. The van der Waals surface area contributed by atoms with Crippen molar-refractivity contribution in [3.8, 4) is 0 Å². The molecule has 0 saturated carbocycles.